The van der Waals surface area contributed by atoms with E-state index in [0.717, 1.165) is 18.5 Å². The smallest absolute Gasteiger partial charge is 0.283 e. The molecule has 1 aliphatic rings. The number of anilines is 1. The van der Waals surface area contributed by atoms with Crippen molar-refractivity contribution in [3.8, 4) is 0 Å². The topological polar surface area (TPSA) is 55.2 Å². The van der Waals surface area contributed by atoms with E-state index in [4.69, 9.17) is 0 Å². The molecular weight excluding hydrogens is 320 g/mol. The molecule has 1 fully saturated rings. The van der Waals surface area contributed by atoms with Crippen molar-refractivity contribution < 1.29 is 4.92 Å². The van der Waals surface area contributed by atoms with Crippen molar-refractivity contribution in [2.75, 3.05) is 5.32 Å². The van der Waals surface area contributed by atoms with Gasteiger partial charge in [0.2, 0.25) is 0 Å². The first-order valence-corrected chi connectivity index (χ1v) is 7.76. The number of nitrogens with one attached hydrogen (secondary N) is 1. The molecule has 0 amide bonds. The predicted molar refractivity (Wildman–Crippen MR) is 85.0 cm³/mol. The molecule has 1 aliphatic carbocycles. The lowest BCUT2D eigenvalue weighted by Crippen LogP contribution is -2.35. The van der Waals surface area contributed by atoms with Crippen LogP contribution in [0.25, 0.3) is 0 Å². The van der Waals surface area contributed by atoms with Gasteiger partial charge in [0.25, 0.3) is 5.69 Å². The molecule has 1 aromatic carbocycles. The summed E-state index contributed by atoms with van der Waals surface area (Å²) in [5.41, 5.74) is 1.40. The molecule has 110 valence electrons. The fourth-order valence-electron chi connectivity index (χ4n) is 3.44. The average molecular weight is 341 g/mol. The third-order valence-electron chi connectivity index (χ3n) is 3.90. The number of nitrogens with zero attached hydrogens (tertiary/aromatic N) is 1. The number of benzene rings is 1. The van der Waals surface area contributed by atoms with Crippen LogP contribution in [0.5, 0.6) is 0 Å². The van der Waals surface area contributed by atoms with Gasteiger partial charge >= 0.3 is 0 Å². The second-order valence-electron chi connectivity index (χ2n) is 6.68. The molecule has 0 saturated heterocycles. The summed E-state index contributed by atoms with van der Waals surface area (Å²) in [6.45, 7) is 6.91. The standard InChI is InChI=1S/C15H21BrN2O2/c1-10-6-12(9-15(2,3)8-10)17-11-4-5-14(18(19)20)13(16)7-11/h4-5,7,10,12,17H,6,8-9H2,1-3H3. The first-order chi connectivity index (χ1) is 9.27. The Kier molecular flexibility index (Phi) is 4.37. The van der Waals surface area contributed by atoms with Crippen LogP contribution in [-0.4, -0.2) is 11.0 Å². The zero-order valence-electron chi connectivity index (χ0n) is 12.1. The summed E-state index contributed by atoms with van der Waals surface area (Å²) in [6, 6.07) is 5.56. The van der Waals surface area contributed by atoms with Crippen molar-refractivity contribution in [3.05, 3.63) is 32.8 Å². The van der Waals surface area contributed by atoms with E-state index < -0.39 is 0 Å². The van der Waals surface area contributed by atoms with Crippen molar-refractivity contribution in [1.82, 2.24) is 0 Å². The lowest BCUT2D eigenvalue weighted by atomic mass is 9.70. The van der Waals surface area contributed by atoms with Crippen molar-refractivity contribution in [2.24, 2.45) is 11.3 Å². The van der Waals surface area contributed by atoms with Crippen LogP contribution in [0, 0.1) is 21.4 Å². The zero-order valence-corrected chi connectivity index (χ0v) is 13.7. The second kappa shape index (κ2) is 5.72. The normalized spacial score (nSPS) is 25.2. The number of rotatable bonds is 3. The monoisotopic (exact) mass is 340 g/mol. The molecular formula is C15H21BrN2O2. The van der Waals surface area contributed by atoms with Gasteiger partial charge in [-0.15, -0.1) is 0 Å². The summed E-state index contributed by atoms with van der Waals surface area (Å²) in [6.07, 6.45) is 3.54. The summed E-state index contributed by atoms with van der Waals surface area (Å²) < 4.78 is 0.524. The maximum Gasteiger partial charge on any atom is 0.283 e. The summed E-state index contributed by atoms with van der Waals surface area (Å²) in [7, 11) is 0. The molecule has 20 heavy (non-hydrogen) atoms. The molecule has 4 nitrogen and oxygen atoms in total. The number of halogens is 1. The van der Waals surface area contributed by atoms with E-state index in [1.54, 1.807) is 18.2 Å². The molecule has 0 heterocycles. The Bertz CT molecular complexity index is 517. The molecule has 0 spiro atoms. The second-order valence-corrected chi connectivity index (χ2v) is 7.53. The summed E-state index contributed by atoms with van der Waals surface area (Å²) >= 11 is 3.27. The Labute approximate surface area is 128 Å². The first-order valence-electron chi connectivity index (χ1n) is 6.97. The maximum absolute atomic E-state index is 10.8. The summed E-state index contributed by atoms with van der Waals surface area (Å²) in [5.74, 6) is 0.706. The molecule has 5 heteroatoms. The van der Waals surface area contributed by atoms with Crippen LogP contribution in [0.1, 0.15) is 40.0 Å². The van der Waals surface area contributed by atoms with Gasteiger partial charge in [0.15, 0.2) is 0 Å². The minimum absolute atomic E-state index is 0.105. The highest BCUT2D eigenvalue weighted by Gasteiger charge is 2.32. The van der Waals surface area contributed by atoms with Gasteiger partial charge in [0, 0.05) is 17.8 Å². The number of hydrogen-bond acceptors (Lipinski definition) is 3. The Morgan fingerprint density at radius 1 is 1.40 bits per heavy atom. The number of nitro groups is 1. The van der Waals surface area contributed by atoms with Crippen LogP contribution in [0.3, 0.4) is 0 Å². The van der Waals surface area contributed by atoms with Crippen LogP contribution in [0.2, 0.25) is 0 Å². The molecule has 1 N–H and O–H groups in total. The highest BCUT2D eigenvalue weighted by Crippen LogP contribution is 2.40. The third-order valence-corrected chi connectivity index (χ3v) is 4.54. The lowest BCUT2D eigenvalue weighted by molar-refractivity contribution is -0.385. The molecule has 0 bridgehead atoms. The Hall–Kier alpha value is -1.10. The van der Waals surface area contributed by atoms with Crippen molar-refractivity contribution in [1.29, 1.82) is 0 Å². The highest BCUT2D eigenvalue weighted by atomic mass is 79.9. The molecule has 0 radical (unpaired) electrons. The minimum Gasteiger partial charge on any atom is -0.382 e. The van der Waals surface area contributed by atoms with E-state index in [2.05, 4.69) is 42.0 Å². The zero-order chi connectivity index (χ0) is 14.9. The van der Waals surface area contributed by atoms with Gasteiger partial charge in [0.05, 0.1) is 9.40 Å². The van der Waals surface area contributed by atoms with E-state index in [9.17, 15) is 10.1 Å². The van der Waals surface area contributed by atoms with Crippen LogP contribution < -0.4 is 5.32 Å². The Morgan fingerprint density at radius 3 is 2.65 bits per heavy atom. The van der Waals surface area contributed by atoms with Crippen molar-refractivity contribution in [2.45, 2.75) is 46.1 Å². The minimum atomic E-state index is -0.375. The van der Waals surface area contributed by atoms with Gasteiger partial charge in [-0.3, -0.25) is 10.1 Å². The van der Waals surface area contributed by atoms with Crippen LogP contribution in [-0.2, 0) is 0 Å². The van der Waals surface area contributed by atoms with Gasteiger partial charge in [-0.2, -0.15) is 0 Å². The van der Waals surface area contributed by atoms with E-state index in [1.165, 1.54) is 6.42 Å². The quantitative estimate of drug-likeness (QED) is 0.623. The summed E-state index contributed by atoms with van der Waals surface area (Å²) in [4.78, 5) is 10.4. The SMILES string of the molecule is CC1CC(Nc2ccc([N+](=O)[O-])c(Br)c2)CC(C)(C)C1. The van der Waals surface area contributed by atoms with Gasteiger partial charge in [-0.05, 0) is 58.7 Å². The molecule has 2 unspecified atom stereocenters. The molecule has 1 saturated carbocycles. The maximum atomic E-state index is 10.8. The Balaban J connectivity index is 2.10. The van der Waals surface area contributed by atoms with Crippen LogP contribution in [0.15, 0.2) is 22.7 Å². The third kappa shape index (κ3) is 3.72. The van der Waals surface area contributed by atoms with Gasteiger partial charge in [-0.1, -0.05) is 20.8 Å². The van der Waals surface area contributed by atoms with Crippen molar-refractivity contribution in [3.63, 3.8) is 0 Å². The predicted octanol–water partition coefficient (Wildman–Crippen LogP) is 4.98. The largest absolute Gasteiger partial charge is 0.382 e. The van der Waals surface area contributed by atoms with Crippen LogP contribution >= 0.6 is 15.9 Å². The molecule has 0 aliphatic heterocycles. The molecule has 1 aromatic rings. The first kappa shape index (κ1) is 15.3. The van der Waals surface area contributed by atoms with E-state index in [1.807, 2.05) is 0 Å². The molecule has 0 aromatic heterocycles. The fraction of sp³-hybridized carbons (Fsp3) is 0.600. The van der Waals surface area contributed by atoms with Gasteiger partial charge < -0.3 is 5.32 Å². The van der Waals surface area contributed by atoms with Crippen molar-refractivity contribution >= 4 is 27.3 Å². The lowest BCUT2D eigenvalue weighted by Gasteiger charge is -2.39. The number of hydrogen-bond donors (Lipinski definition) is 1. The van der Waals surface area contributed by atoms with E-state index in [-0.39, 0.29) is 10.6 Å². The van der Waals surface area contributed by atoms with E-state index >= 15 is 0 Å². The average Bonchev–Trinajstić information content (AvgIpc) is 2.25. The van der Waals surface area contributed by atoms with Gasteiger partial charge in [0.1, 0.15) is 0 Å². The van der Waals surface area contributed by atoms with E-state index in [0.29, 0.717) is 21.8 Å². The van der Waals surface area contributed by atoms with Crippen LogP contribution in [0.4, 0.5) is 11.4 Å². The fourth-order valence-corrected chi connectivity index (χ4v) is 3.96. The summed E-state index contributed by atoms with van der Waals surface area (Å²) in [5, 5.41) is 14.3. The highest BCUT2D eigenvalue weighted by molar-refractivity contribution is 9.10. The Morgan fingerprint density at radius 2 is 2.10 bits per heavy atom. The molecule has 2 atom stereocenters. The van der Waals surface area contributed by atoms with Gasteiger partial charge in [-0.25, -0.2) is 0 Å². The molecule has 2 rings (SSSR count). The number of nitro benzene ring substituents is 1.